The van der Waals surface area contributed by atoms with Crippen molar-refractivity contribution >= 4 is 23.2 Å². The van der Waals surface area contributed by atoms with Crippen molar-refractivity contribution in [3.63, 3.8) is 0 Å². The lowest BCUT2D eigenvalue weighted by Crippen LogP contribution is -2.51. The standard InChI is InChI=1S/C16H24ClN3O/c1-2-10-20-11-3-8-16(9-12-20,15(18)21)19-14-6-4-13(17)5-7-14/h4-7,19H,2-3,8-12H2,1H3,(H2,18,21). The van der Waals surface area contributed by atoms with Gasteiger partial charge in [0, 0.05) is 17.3 Å². The summed E-state index contributed by atoms with van der Waals surface area (Å²) in [6, 6.07) is 7.42. The Labute approximate surface area is 131 Å². The van der Waals surface area contributed by atoms with Crippen molar-refractivity contribution in [3.8, 4) is 0 Å². The molecule has 1 aromatic carbocycles. The summed E-state index contributed by atoms with van der Waals surface area (Å²) in [5.41, 5.74) is 5.96. The Morgan fingerprint density at radius 3 is 2.67 bits per heavy atom. The second-order valence-electron chi connectivity index (χ2n) is 5.77. The Balaban J connectivity index is 2.13. The van der Waals surface area contributed by atoms with Crippen LogP contribution in [0.5, 0.6) is 0 Å². The maximum atomic E-state index is 12.1. The van der Waals surface area contributed by atoms with E-state index in [2.05, 4.69) is 17.1 Å². The number of rotatable bonds is 5. The molecule has 5 heteroatoms. The normalized spacial score (nSPS) is 23.5. The maximum absolute atomic E-state index is 12.1. The SMILES string of the molecule is CCCN1CCCC(Nc2ccc(Cl)cc2)(C(N)=O)CC1. The molecule has 21 heavy (non-hydrogen) atoms. The maximum Gasteiger partial charge on any atom is 0.243 e. The van der Waals surface area contributed by atoms with Crippen LogP contribution >= 0.6 is 11.6 Å². The van der Waals surface area contributed by atoms with E-state index < -0.39 is 5.54 Å². The van der Waals surface area contributed by atoms with Gasteiger partial charge in [-0.1, -0.05) is 18.5 Å². The van der Waals surface area contributed by atoms with E-state index in [4.69, 9.17) is 17.3 Å². The third-order valence-corrected chi connectivity index (χ3v) is 4.42. The van der Waals surface area contributed by atoms with Gasteiger partial charge in [-0.3, -0.25) is 4.79 Å². The number of nitrogens with two attached hydrogens (primary N) is 1. The van der Waals surface area contributed by atoms with Gasteiger partial charge in [0.25, 0.3) is 0 Å². The minimum Gasteiger partial charge on any atom is -0.371 e. The molecule has 0 bridgehead atoms. The number of carbonyl (C=O) groups excluding carboxylic acids is 1. The van der Waals surface area contributed by atoms with Crippen LogP contribution in [-0.4, -0.2) is 36.0 Å². The molecule has 0 aliphatic carbocycles. The molecule has 1 aliphatic heterocycles. The lowest BCUT2D eigenvalue weighted by Gasteiger charge is -2.32. The van der Waals surface area contributed by atoms with Crippen LogP contribution in [0.1, 0.15) is 32.6 Å². The van der Waals surface area contributed by atoms with Crippen molar-refractivity contribution in [1.82, 2.24) is 4.90 Å². The van der Waals surface area contributed by atoms with Crippen LogP contribution in [0.4, 0.5) is 5.69 Å². The Kier molecular flexibility index (Phi) is 5.48. The van der Waals surface area contributed by atoms with Gasteiger partial charge in [0.2, 0.25) is 5.91 Å². The first-order valence-corrected chi connectivity index (χ1v) is 7.99. The highest BCUT2D eigenvalue weighted by molar-refractivity contribution is 6.30. The van der Waals surface area contributed by atoms with Gasteiger partial charge in [-0.25, -0.2) is 0 Å². The summed E-state index contributed by atoms with van der Waals surface area (Å²) in [5.74, 6) is -0.268. The number of amides is 1. The fraction of sp³-hybridized carbons (Fsp3) is 0.562. The zero-order valence-electron chi connectivity index (χ0n) is 12.6. The molecule has 2 rings (SSSR count). The van der Waals surface area contributed by atoms with E-state index >= 15 is 0 Å². The van der Waals surface area contributed by atoms with Gasteiger partial charge in [0.1, 0.15) is 5.54 Å². The van der Waals surface area contributed by atoms with E-state index in [1.807, 2.05) is 24.3 Å². The molecule has 1 aliphatic rings. The van der Waals surface area contributed by atoms with Crippen LogP contribution in [-0.2, 0) is 4.79 Å². The van der Waals surface area contributed by atoms with Gasteiger partial charge in [-0.15, -0.1) is 0 Å². The van der Waals surface area contributed by atoms with E-state index in [0.717, 1.165) is 51.0 Å². The molecule has 0 radical (unpaired) electrons. The highest BCUT2D eigenvalue weighted by Crippen LogP contribution is 2.28. The number of nitrogens with one attached hydrogen (secondary N) is 1. The molecule has 116 valence electrons. The van der Waals surface area contributed by atoms with E-state index in [-0.39, 0.29) is 5.91 Å². The predicted octanol–water partition coefficient (Wildman–Crippen LogP) is 2.87. The van der Waals surface area contributed by atoms with Gasteiger partial charge in [0.15, 0.2) is 0 Å². The van der Waals surface area contributed by atoms with Gasteiger partial charge in [-0.2, -0.15) is 0 Å². The zero-order valence-corrected chi connectivity index (χ0v) is 13.3. The number of carbonyl (C=O) groups is 1. The van der Waals surface area contributed by atoms with Crippen molar-refractivity contribution in [2.75, 3.05) is 25.0 Å². The Morgan fingerprint density at radius 2 is 2.05 bits per heavy atom. The molecule has 0 spiro atoms. The highest BCUT2D eigenvalue weighted by Gasteiger charge is 2.38. The number of nitrogens with zero attached hydrogens (tertiary/aromatic N) is 1. The first kappa shape index (κ1) is 16.1. The van der Waals surface area contributed by atoms with E-state index in [1.54, 1.807) is 0 Å². The number of primary amides is 1. The Morgan fingerprint density at radius 1 is 1.33 bits per heavy atom. The number of benzene rings is 1. The summed E-state index contributed by atoms with van der Waals surface area (Å²) in [6.07, 6.45) is 3.62. The molecular weight excluding hydrogens is 286 g/mol. The number of likely N-dealkylation sites (tertiary alicyclic amines) is 1. The molecule has 1 aromatic rings. The van der Waals surface area contributed by atoms with Crippen LogP contribution < -0.4 is 11.1 Å². The van der Waals surface area contributed by atoms with Crippen LogP contribution in [0.15, 0.2) is 24.3 Å². The third-order valence-electron chi connectivity index (χ3n) is 4.17. The largest absolute Gasteiger partial charge is 0.371 e. The van der Waals surface area contributed by atoms with E-state index in [9.17, 15) is 4.79 Å². The monoisotopic (exact) mass is 309 g/mol. The fourth-order valence-corrected chi connectivity index (χ4v) is 3.10. The summed E-state index contributed by atoms with van der Waals surface area (Å²) in [4.78, 5) is 14.5. The summed E-state index contributed by atoms with van der Waals surface area (Å²) in [7, 11) is 0. The lowest BCUT2D eigenvalue weighted by molar-refractivity contribution is -0.122. The Bertz CT molecular complexity index is 477. The van der Waals surface area contributed by atoms with Crippen molar-refractivity contribution in [2.45, 2.75) is 38.1 Å². The first-order chi connectivity index (χ1) is 10.1. The fourth-order valence-electron chi connectivity index (χ4n) is 2.97. The average molecular weight is 310 g/mol. The quantitative estimate of drug-likeness (QED) is 0.879. The molecule has 3 N–H and O–H groups in total. The third kappa shape index (κ3) is 4.11. The summed E-state index contributed by atoms with van der Waals surface area (Å²) >= 11 is 5.91. The molecule has 1 amide bonds. The predicted molar refractivity (Wildman–Crippen MR) is 87.6 cm³/mol. The number of anilines is 1. The van der Waals surface area contributed by atoms with Crippen LogP contribution in [0.25, 0.3) is 0 Å². The second kappa shape index (κ2) is 7.14. The minimum atomic E-state index is -0.656. The van der Waals surface area contributed by atoms with Crippen LogP contribution in [0.2, 0.25) is 5.02 Å². The van der Waals surface area contributed by atoms with E-state index in [0.29, 0.717) is 5.02 Å². The summed E-state index contributed by atoms with van der Waals surface area (Å²) in [5, 5.41) is 4.05. The smallest absolute Gasteiger partial charge is 0.243 e. The molecule has 4 nitrogen and oxygen atoms in total. The van der Waals surface area contributed by atoms with Crippen LogP contribution in [0.3, 0.4) is 0 Å². The summed E-state index contributed by atoms with van der Waals surface area (Å²) in [6.45, 7) is 5.19. The summed E-state index contributed by atoms with van der Waals surface area (Å²) < 4.78 is 0. The number of hydrogen-bond acceptors (Lipinski definition) is 3. The topological polar surface area (TPSA) is 58.4 Å². The van der Waals surface area contributed by atoms with Crippen molar-refractivity contribution < 1.29 is 4.79 Å². The van der Waals surface area contributed by atoms with Gasteiger partial charge in [-0.05, 0) is 63.0 Å². The number of halogens is 1. The van der Waals surface area contributed by atoms with Gasteiger partial charge < -0.3 is 16.0 Å². The molecule has 1 atom stereocenters. The second-order valence-corrected chi connectivity index (χ2v) is 6.21. The van der Waals surface area contributed by atoms with Gasteiger partial charge in [0.05, 0.1) is 0 Å². The zero-order chi connectivity index (χ0) is 15.3. The molecule has 0 saturated carbocycles. The van der Waals surface area contributed by atoms with E-state index in [1.165, 1.54) is 0 Å². The van der Waals surface area contributed by atoms with Gasteiger partial charge >= 0.3 is 0 Å². The highest BCUT2D eigenvalue weighted by atomic mass is 35.5. The Hall–Kier alpha value is -1.26. The number of hydrogen-bond donors (Lipinski definition) is 2. The lowest BCUT2D eigenvalue weighted by atomic mass is 9.89. The first-order valence-electron chi connectivity index (χ1n) is 7.62. The molecule has 0 aromatic heterocycles. The van der Waals surface area contributed by atoms with Crippen LogP contribution in [0, 0.1) is 0 Å². The molecule has 1 saturated heterocycles. The molecule has 1 fully saturated rings. The van der Waals surface area contributed by atoms with Crippen molar-refractivity contribution in [3.05, 3.63) is 29.3 Å². The minimum absolute atomic E-state index is 0.268. The molecule has 1 heterocycles. The van der Waals surface area contributed by atoms with Crippen molar-refractivity contribution in [2.24, 2.45) is 5.73 Å². The average Bonchev–Trinajstić information content (AvgIpc) is 2.66. The molecule has 1 unspecified atom stereocenters. The molecular formula is C16H24ClN3O. The van der Waals surface area contributed by atoms with Crippen molar-refractivity contribution in [1.29, 1.82) is 0 Å².